The molecule has 2 aliphatic rings. The molecular weight excluding hydrogens is 254 g/mol. The molecule has 2 aliphatic carbocycles. The Morgan fingerprint density at radius 2 is 1.52 bits per heavy atom. The highest BCUT2D eigenvalue weighted by Crippen LogP contribution is 2.47. The van der Waals surface area contributed by atoms with Crippen LogP contribution in [0.4, 0.5) is 0 Å². The highest BCUT2D eigenvalue weighted by atomic mass is 14.4. The molecule has 21 heavy (non-hydrogen) atoms. The average molecular weight is 290 g/mol. The fourth-order valence-corrected chi connectivity index (χ4v) is 4.86. The van der Waals surface area contributed by atoms with E-state index in [1.165, 1.54) is 77.0 Å². The van der Waals surface area contributed by atoms with Crippen molar-refractivity contribution < 1.29 is 0 Å². The Morgan fingerprint density at radius 1 is 0.905 bits per heavy atom. The maximum absolute atomic E-state index is 9.65. The fourth-order valence-electron chi connectivity index (χ4n) is 4.86. The van der Waals surface area contributed by atoms with Gasteiger partial charge in [-0.2, -0.15) is 5.26 Å². The molecule has 0 amide bonds. The van der Waals surface area contributed by atoms with Gasteiger partial charge in [-0.25, -0.2) is 0 Å². The minimum absolute atomic E-state index is 0.0479. The Labute approximate surface area is 132 Å². The summed E-state index contributed by atoms with van der Waals surface area (Å²) >= 11 is 0. The van der Waals surface area contributed by atoms with Crippen molar-refractivity contribution in [2.45, 2.75) is 97.3 Å². The van der Waals surface area contributed by atoms with Gasteiger partial charge in [0.25, 0.3) is 0 Å². The molecule has 0 bridgehead atoms. The molecule has 120 valence electrons. The normalized spacial score (nSPS) is 37.1. The van der Waals surface area contributed by atoms with Crippen LogP contribution in [0.2, 0.25) is 0 Å². The van der Waals surface area contributed by atoms with E-state index in [-0.39, 0.29) is 5.41 Å². The van der Waals surface area contributed by atoms with E-state index in [1.54, 1.807) is 0 Å². The quantitative estimate of drug-likeness (QED) is 0.513. The van der Waals surface area contributed by atoms with Crippen LogP contribution >= 0.6 is 0 Å². The van der Waals surface area contributed by atoms with E-state index in [2.05, 4.69) is 19.9 Å². The van der Waals surface area contributed by atoms with Crippen LogP contribution in [0.1, 0.15) is 97.3 Å². The highest BCUT2D eigenvalue weighted by molar-refractivity contribution is 5.02. The molecule has 0 aromatic rings. The molecular formula is C20H35N. The SMILES string of the molecule is CCCCCC1(C#N)CCC(C2CCC(CC)CC2)CC1. The van der Waals surface area contributed by atoms with Crippen LogP contribution in [0.3, 0.4) is 0 Å². The van der Waals surface area contributed by atoms with Crippen molar-refractivity contribution in [3.63, 3.8) is 0 Å². The van der Waals surface area contributed by atoms with Crippen LogP contribution in [-0.4, -0.2) is 0 Å². The second-order valence-corrected chi connectivity index (χ2v) is 7.88. The van der Waals surface area contributed by atoms with Crippen LogP contribution < -0.4 is 0 Å². The lowest BCUT2D eigenvalue weighted by atomic mass is 9.63. The third-order valence-electron chi connectivity index (χ3n) is 6.62. The van der Waals surface area contributed by atoms with Gasteiger partial charge in [-0.15, -0.1) is 0 Å². The molecule has 0 atom stereocenters. The smallest absolute Gasteiger partial charge is 0.0689 e. The van der Waals surface area contributed by atoms with E-state index < -0.39 is 0 Å². The van der Waals surface area contributed by atoms with Crippen LogP contribution in [0.15, 0.2) is 0 Å². The van der Waals surface area contributed by atoms with Crippen LogP contribution in [0, 0.1) is 34.5 Å². The molecule has 1 nitrogen and oxygen atoms in total. The Hall–Kier alpha value is -0.510. The lowest BCUT2D eigenvalue weighted by molar-refractivity contribution is 0.116. The van der Waals surface area contributed by atoms with Gasteiger partial charge >= 0.3 is 0 Å². The van der Waals surface area contributed by atoms with Gasteiger partial charge in [0.2, 0.25) is 0 Å². The van der Waals surface area contributed by atoms with Crippen molar-refractivity contribution in [1.82, 2.24) is 0 Å². The highest BCUT2D eigenvalue weighted by Gasteiger charge is 2.38. The van der Waals surface area contributed by atoms with Crippen LogP contribution in [0.25, 0.3) is 0 Å². The number of nitriles is 1. The number of hydrogen-bond donors (Lipinski definition) is 0. The minimum atomic E-state index is 0.0479. The maximum atomic E-state index is 9.65. The maximum Gasteiger partial charge on any atom is 0.0689 e. The molecule has 2 fully saturated rings. The summed E-state index contributed by atoms with van der Waals surface area (Å²) in [6, 6.07) is 2.72. The van der Waals surface area contributed by atoms with E-state index in [1.807, 2.05) is 0 Å². The first-order valence-corrected chi connectivity index (χ1v) is 9.64. The van der Waals surface area contributed by atoms with Crippen LogP contribution in [0.5, 0.6) is 0 Å². The molecule has 0 aromatic carbocycles. The summed E-state index contributed by atoms with van der Waals surface area (Å²) in [6.07, 6.45) is 17.3. The van der Waals surface area contributed by atoms with Crippen molar-refractivity contribution >= 4 is 0 Å². The molecule has 0 spiro atoms. The first-order chi connectivity index (χ1) is 10.2. The van der Waals surface area contributed by atoms with Crippen molar-refractivity contribution in [1.29, 1.82) is 5.26 Å². The lowest BCUT2D eigenvalue weighted by Gasteiger charge is -2.40. The largest absolute Gasteiger partial charge is 0.198 e. The molecule has 2 saturated carbocycles. The van der Waals surface area contributed by atoms with E-state index in [0.717, 1.165) is 24.2 Å². The third kappa shape index (κ3) is 4.48. The molecule has 0 aliphatic heterocycles. The van der Waals surface area contributed by atoms with Gasteiger partial charge in [-0.05, 0) is 62.7 Å². The van der Waals surface area contributed by atoms with Gasteiger partial charge in [-0.1, -0.05) is 52.4 Å². The number of hydrogen-bond acceptors (Lipinski definition) is 1. The number of rotatable bonds is 6. The van der Waals surface area contributed by atoms with E-state index >= 15 is 0 Å². The van der Waals surface area contributed by atoms with Gasteiger partial charge in [0, 0.05) is 0 Å². The zero-order chi connectivity index (χ0) is 15.1. The fraction of sp³-hybridized carbons (Fsp3) is 0.950. The Kier molecular flexibility index (Phi) is 6.59. The van der Waals surface area contributed by atoms with Gasteiger partial charge < -0.3 is 0 Å². The van der Waals surface area contributed by atoms with E-state index in [0.29, 0.717) is 0 Å². The van der Waals surface area contributed by atoms with E-state index in [9.17, 15) is 5.26 Å². The van der Waals surface area contributed by atoms with Gasteiger partial charge in [0.05, 0.1) is 11.5 Å². The number of unbranched alkanes of at least 4 members (excludes halogenated alkanes) is 2. The van der Waals surface area contributed by atoms with E-state index in [4.69, 9.17) is 0 Å². The molecule has 1 heteroatoms. The predicted octanol–water partition coefficient (Wildman–Crippen LogP) is 6.48. The topological polar surface area (TPSA) is 23.8 Å². The minimum Gasteiger partial charge on any atom is -0.198 e. The first-order valence-electron chi connectivity index (χ1n) is 9.64. The molecule has 0 unspecified atom stereocenters. The Morgan fingerprint density at radius 3 is 2.05 bits per heavy atom. The first kappa shape index (κ1) is 16.9. The molecule has 0 N–H and O–H groups in total. The summed E-state index contributed by atoms with van der Waals surface area (Å²) in [6.45, 7) is 4.60. The average Bonchev–Trinajstić information content (AvgIpc) is 2.56. The molecule has 2 rings (SSSR count). The summed E-state index contributed by atoms with van der Waals surface area (Å²) in [7, 11) is 0. The second kappa shape index (κ2) is 8.21. The summed E-state index contributed by atoms with van der Waals surface area (Å²) in [4.78, 5) is 0. The Balaban J connectivity index is 1.78. The summed E-state index contributed by atoms with van der Waals surface area (Å²) in [5.41, 5.74) is 0.0479. The molecule has 0 aromatic heterocycles. The predicted molar refractivity (Wildman–Crippen MR) is 89.9 cm³/mol. The molecule has 0 saturated heterocycles. The lowest BCUT2D eigenvalue weighted by Crippen LogP contribution is -2.31. The van der Waals surface area contributed by atoms with Crippen LogP contribution in [-0.2, 0) is 0 Å². The zero-order valence-electron chi connectivity index (χ0n) is 14.4. The van der Waals surface area contributed by atoms with Crippen molar-refractivity contribution in [2.24, 2.45) is 23.2 Å². The Bertz CT molecular complexity index is 324. The van der Waals surface area contributed by atoms with Crippen molar-refractivity contribution in [2.75, 3.05) is 0 Å². The number of nitrogens with zero attached hydrogens (tertiary/aromatic N) is 1. The third-order valence-corrected chi connectivity index (χ3v) is 6.62. The monoisotopic (exact) mass is 289 g/mol. The van der Waals surface area contributed by atoms with Gasteiger partial charge in [0.1, 0.15) is 0 Å². The second-order valence-electron chi connectivity index (χ2n) is 7.88. The summed E-state index contributed by atoms with van der Waals surface area (Å²) in [5, 5.41) is 9.65. The standard InChI is InChI=1S/C20H35N/c1-3-5-6-13-20(16-21)14-11-19(12-15-20)18-9-7-17(4-2)8-10-18/h17-19H,3-15H2,1-2H3. The van der Waals surface area contributed by atoms with Crippen molar-refractivity contribution in [3.8, 4) is 6.07 Å². The zero-order valence-corrected chi connectivity index (χ0v) is 14.4. The van der Waals surface area contributed by atoms with Crippen molar-refractivity contribution in [3.05, 3.63) is 0 Å². The van der Waals surface area contributed by atoms with Gasteiger partial charge in [-0.3, -0.25) is 0 Å². The van der Waals surface area contributed by atoms with Gasteiger partial charge in [0.15, 0.2) is 0 Å². The molecule has 0 heterocycles. The summed E-state index contributed by atoms with van der Waals surface area (Å²) in [5.74, 6) is 2.94. The summed E-state index contributed by atoms with van der Waals surface area (Å²) < 4.78 is 0. The molecule has 0 radical (unpaired) electrons.